The molecule has 3 atom stereocenters. The monoisotopic (exact) mass is 276 g/mol. The highest BCUT2D eigenvalue weighted by molar-refractivity contribution is 5.79. The van der Waals surface area contributed by atoms with Gasteiger partial charge in [0.2, 0.25) is 5.91 Å². The molecule has 0 spiro atoms. The summed E-state index contributed by atoms with van der Waals surface area (Å²) in [6, 6.07) is 1.87. The molecule has 3 heterocycles. The molecule has 2 fully saturated rings. The van der Waals surface area contributed by atoms with Gasteiger partial charge in [-0.25, -0.2) is 0 Å². The molecule has 2 saturated heterocycles. The van der Waals surface area contributed by atoms with Crippen LogP contribution in [0.4, 0.5) is 11.4 Å². The van der Waals surface area contributed by atoms with Crippen LogP contribution in [0.2, 0.25) is 0 Å². The van der Waals surface area contributed by atoms with Gasteiger partial charge >= 0.3 is 5.69 Å². The first kappa shape index (κ1) is 12.8. The van der Waals surface area contributed by atoms with Crippen molar-refractivity contribution in [3.63, 3.8) is 0 Å². The van der Waals surface area contributed by atoms with E-state index in [9.17, 15) is 14.9 Å². The maximum absolute atomic E-state index is 11.5. The third-order valence-corrected chi connectivity index (χ3v) is 4.17. The molecule has 106 valence electrons. The lowest BCUT2D eigenvalue weighted by atomic mass is 9.85. The van der Waals surface area contributed by atoms with Gasteiger partial charge in [-0.05, 0) is 12.0 Å². The second kappa shape index (κ2) is 4.73. The van der Waals surface area contributed by atoms with Crippen molar-refractivity contribution in [2.24, 2.45) is 11.8 Å². The maximum atomic E-state index is 11.5. The number of nitro groups is 1. The highest BCUT2D eigenvalue weighted by atomic mass is 16.6. The molecule has 1 N–H and O–H groups in total. The predicted molar refractivity (Wildman–Crippen MR) is 72.3 cm³/mol. The molecule has 20 heavy (non-hydrogen) atoms. The molecule has 0 unspecified atom stereocenters. The van der Waals surface area contributed by atoms with E-state index in [1.165, 1.54) is 6.20 Å². The summed E-state index contributed by atoms with van der Waals surface area (Å²) in [7, 11) is 0. The summed E-state index contributed by atoms with van der Waals surface area (Å²) in [5, 5.41) is 14.1. The van der Waals surface area contributed by atoms with Crippen LogP contribution in [-0.4, -0.2) is 34.9 Å². The second-order valence-electron chi connectivity index (χ2n) is 5.56. The number of aromatic nitrogens is 1. The average Bonchev–Trinajstić information content (AvgIpc) is 2.79. The molecular formula is C13H16N4O3. The number of carbonyl (C=O) groups is 1. The van der Waals surface area contributed by atoms with Gasteiger partial charge in [-0.1, -0.05) is 6.92 Å². The van der Waals surface area contributed by atoms with E-state index < -0.39 is 4.92 Å². The van der Waals surface area contributed by atoms with Crippen LogP contribution in [0.25, 0.3) is 0 Å². The number of nitrogens with one attached hydrogen (secondary N) is 1. The number of fused-ring (bicyclic) bond motifs is 1. The molecule has 1 aromatic rings. The standard InChI is InChI=1S/C13H16N4O3/c1-8-6-16(7-9-4-12(18)15-13(8)9)10-2-3-14-5-11(10)17(19)20/h2-3,5,8-9,13H,4,6-7H2,1H3,(H,15,18)/t8-,9+,13+/m0/s1. The Morgan fingerprint density at radius 3 is 3.05 bits per heavy atom. The number of rotatable bonds is 2. The lowest BCUT2D eigenvalue weighted by Crippen LogP contribution is -2.50. The van der Waals surface area contributed by atoms with Crippen molar-refractivity contribution in [3.8, 4) is 0 Å². The first-order valence-corrected chi connectivity index (χ1v) is 6.69. The Hall–Kier alpha value is -2.18. The van der Waals surface area contributed by atoms with Gasteiger partial charge in [-0.2, -0.15) is 0 Å². The normalized spacial score (nSPS) is 28.9. The highest BCUT2D eigenvalue weighted by Crippen LogP contribution is 2.35. The molecule has 0 aliphatic carbocycles. The summed E-state index contributed by atoms with van der Waals surface area (Å²) in [6.07, 6.45) is 3.35. The van der Waals surface area contributed by atoms with Crippen molar-refractivity contribution in [3.05, 3.63) is 28.6 Å². The highest BCUT2D eigenvalue weighted by Gasteiger charge is 2.42. The Bertz CT molecular complexity index is 562. The summed E-state index contributed by atoms with van der Waals surface area (Å²) in [5.41, 5.74) is 0.616. The molecule has 1 aromatic heterocycles. The van der Waals surface area contributed by atoms with E-state index in [0.717, 1.165) is 0 Å². The summed E-state index contributed by atoms with van der Waals surface area (Å²) in [6.45, 7) is 3.44. The number of pyridine rings is 1. The molecule has 0 aromatic carbocycles. The van der Waals surface area contributed by atoms with Crippen LogP contribution in [0.5, 0.6) is 0 Å². The van der Waals surface area contributed by atoms with Crippen LogP contribution in [-0.2, 0) is 4.79 Å². The minimum absolute atomic E-state index is 0.0235. The van der Waals surface area contributed by atoms with E-state index in [-0.39, 0.29) is 29.5 Å². The number of nitrogens with zero attached hydrogens (tertiary/aromatic N) is 3. The molecule has 2 aliphatic heterocycles. The molecule has 0 radical (unpaired) electrons. The minimum Gasteiger partial charge on any atom is -0.365 e. The summed E-state index contributed by atoms with van der Waals surface area (Å²) in [5.74, 6) is 0.574. The molecule has 1 amide bonds. The third-order valence-electron chi connectivity index (χ3n) is 4.17. The Morgan fingerprint density at radius 2 is 2.30 bits per heavy atom. The number of anilines is 1. The smallest absolute Gasteiger partial charge is 0.310 e. The Morgan fingerprint density at radius 1 is 1.50 bits per heavy atom. The molecule has 0 saturated carbocycles. The molecule has 3 rings (SSSR count). The Kier molecular flexibility index (Phi) is 3.04. The van der Waals surface area contributed by atoms with Crippen molar-refractivity contribution < 1.29 is 9.72 Å². The van der Waals surface area contributed by atoms with Gasteiger partial charge in [-0.15, -0.1) is 0 Å². The Balaban J connectivity index is 1.89. The molecule has 7 heteroatoms. The number of hydrogen-bond donors (Lipinski definition) is 1. The topological polar surface area (TPSA) is 88.4 Å². The third kappa shape index (κ3) is 2.09. The van der Waals surface area contributed by atoms with Crippen LogP contribution in [0.15, 0.2) is 18.5 Å². The van der Waals surface area contributed by atoms with Crippen molar-refractivity contribution in [1.29, 1.82) is 0 Å². The summed E-state index contributed by atoms with van der Waals surface area (Å²) >= 11 is 0. The van der Waals surface area contributed by atoms with E-state index in [1.54, 1.807) is 12.3 Å². The van der Waals surface area contributed by atoms with Gasteiger partial charge < -0.3 is 10.2 Å². The lowest BCUT2D eigenvalue weighted by molar-refractivity contribution is -0.384. The molecule has 7 nitrogen and oxygen atoms in total. The van der Waals surface area contributed by atoms with E-state index in [2.05, 4.69) is 17.2 Å². The van der Waals surface area contributed by atoms with Crippen LogP contribution in [0, 0.1) is 22.0 Å². The zero-order chi connectivity index (χ0) is 14.3. The minimum atomic E-state index is -0.406. The fourth-order valence-electron chi connectivity index (χ4n) is 3.32. The van der Waals surface area contributed by atoms with Crippen molar-refractivity contribution in [2.45, 2.75) is 19.4 Å². The number of hydrogen-bond acceptors (Lipinski definition) is 5. The second-order valence-corrected chi connectivity index (χ2v) is 5.56. The van der Waals surface area contributed by atoms with E-state index in [0.29, 0.717) is 25.2 Å². The first-order valence-electron chi connectivity index (χ1n) is 6.69. The zero-order valence-corrected chi connectivity index (χ0v) is 11.2. The number of carbonyl (C=O) groups excluding carboxylic acids is 1. The van der Waals surface area contributed by atoms with Gasteiger partial charge in [0, 0.05) is 37.7 Å². The maximum Gasteiger partial charge on any atom is 0.310 e. The molecular weight excluding hydrogens is 260 g/mol. The van der Waals surface area contributed by atoms with Crippen LogP contribution < -0.4 is 10.2 Å². The van der Waals surface area contributed by atoms with Crippen LogP contribution in [0.1, 0.15) is 13.3 Å². The largest absolute Gasteiger partial charge is 0.365 e. The molecule has 0 bridgehead atoms. The fraction of sp³-hybridized carbons (Fsp3) is 0.538. The van der Waals surface area contributed by atoms with Gasteiger partial charge in [-0.3, -0.25) is 19.9 Å². The quantitative estimate of drug-likeness (QED) is 0.641. The van der Waals surface area contributed by atoms with E-state index >= 15 is 0 Å². The predicted octanol–water partition coefficient (Wildman–Crippen LogP) is 0.951. The van der Waals surface area contributed by atoms with E-state index in [1.807, 2.05) is 4.90 Å². The average molecular weight is 276 g/mol. The van der Waals surface area contributed by atoms with Crippen molar-refractivity contribution >= 4 is 17.3 Å². The van der Waals surface area contributed by atoms with E-state index in [4.69, 9.17) is 0 Å². The first-order chi connectivity index (χ1) is 9.56. The van der Waals surface area contributed by atoms with Gasteiger partial charge in [0.15, 0.2) is 0 Å². The van der Waals surface area contributed by atoms with Gasteiger partial charge in [0.05, 0.1) is 4.92 Å². The van der Waals surface area contributed by atoms with Gasteiger partial charge in [0.25, 0.3) is 0 Å². The Labute approximate surface area is 116 Å². The van der Waals surface area contributed by atoms with Gasteiger partial charge in [0.1, 0.15) is 11.9 Å². The molecule has 2 aliphatic rings. The summed E-state index contributed by atoms with van der Waals surface area (Å²) < 4.78 is 0. The summed E-state index contributed by atoms with van der Waals surface area (Å²) in [4.78, 5) is 28.0. The number of amides is 1. The number of piperidine rings is 1. The fourth-order valence-corrected chi connectivity index (χ4v) is 3.32. The van der Waals surface area contributed by atoms with Crippen molar-refractivity contribution in [2.75, 3.05) is 18.0 Å². The van der Waals surface area contributed by atoms with Crippen molar-refractivity contribution in [1.82, 2.24) is 10.3 Å². The lowest BCUT2D eigenvalue weighted by Gasteiger charge is -2.39. The van der Waals surface area contributed by atoms with Crippen LogP contribution in [0.3, 0.4) is 0 Å². The van der Waals surface area contributed by atoms with Crippen LogP contribution >= 0.6 is 0 Å². The SMILES string of the molecule is C[C@H]1CN(c2ccncc2[N+](=O)[O-])C[C@H]2CC(=O)N[C@@H]21. The zero-order valence-electron chi connectivity index (χ0n) is 11.2.